The van der Waals surface area contributed by atoms with Gasteiger partial charge in [-0.15, -0.1) is 0 Å². The molecule has 0 fully saturated rings. The van der Waals surface area contributed by atoms with Gasteiger partial charge in [-0.05, 0) is 6.07 Å². The Bertz CT molecular complexity index is 401. The van der Waals surface area contributed by atoms with E-state index in [0.717, 1.165) is 12.1 Å². The molecule has 0 aromatic heterocycles. The van der Waals surface area contributed by atoms with E-state index < -0.39 is 11.6 Å². The lowest BCUT2D eigenvalue weighted by molar-refractivity contribution is -0.128. The second-order valence-corrected chi connectivity index (χ2v) is 4.12. The lowest BCUT2D eigenvalue weighted by atomic mass is 10.2. The van der Waals surface area contributed by atoms with Crippen LogP contribution in [0.4, 0.5) is 14.5 Å². The van der Waals surface area contributed by atoms with Crippen LogP contribution in [0.25, 0.3) is 0 Å². The minimum atomic E-state index is -0.771. The minimum Gasteiger partial charge on any atom is -0.381 e. The summed E-state index contributed by atoms with van der Waals surface area (Å²) < 4.78 is 26.1. The van der Waals surface area contributed by atoms with Crippen LogP contribution in [0.5, 0.6) is 0 Å². The van der Waals surface area contributed by atoms with Crippen LogP contribution in [-0.4, -0.2) is 31.4 Å². The summed E-state index contributed by atoms with van der Waals surface area (Å²) in [5.41, 5.74) is 0.0135. The van der Waals surface area contributed by atoms with E-state index in [-0.39, 0.29) is 29.6 Å². The topological polar surface area (TPSA) is 32.3 Å². The van der Waals surface area contributed by atoms with Crippen molar-refractivity contribution in [1.29, 1.82) is 0 Å². The number of nitrogens with zero attached hydrogens (tertiary/aromatic N) is 1. The zero-order valence-corrected chi connectivity index (χ0v) is 10.3. The van der Waals surface area contributed by atoms with Crippen LogP contribution in [0, 0.1) is 11.6 Å². The molecular weight excluding hydrogens is 250 g/mol. The SMILES string of the molecule is CN(C)C(=O)CCNc1c(F)cc(F)cc1Cl. The van der Waals surface area contributed by atoms with Gasteiger partial charge < -0.3 is 10.2 Å². The van der Waals surface area contributed by atoms with E-state index in [1.165, 1.54) is 4.90 Å². The third-order valence-electron chi connectivity index (χ3n) is 2.15. The maximum Gasteiger partial charge on any atom is 0.223 e. The average Bonchev–Trinajstić information content (AvgIpc) is 2.21. The molecule has 1 N–H and O–H groups in total. The fourth-order valence-corrected chi connectivity index (χ4v) is 1.49. The number of hydrogen-bond donors (Lipinski definition) is 1. The van der Waals surface area contributed by atoms with Gasteiger partial charge in [0.1, 0.15) is 5.82 Å². The summed E-state index contributed by atoms with van der Waals surface area (Å²) in [7, 11) is 3.27. The Balaban J connectivity index is 2.61. The molecule has 0 aliphatic carbocycles. The highest BCUT2D eigenvalue weighted by molar-refractivity contribution is 6.33. The molecule has 17 heavy (non-hydrogen) atoms. The maximum absolute atomic E-state index is 13.3. The molecule has 0 heterocycles. The van der Waals surface area contributed by atoms with Gasteiger partial charge in [-0.2, -0.15) is 0 Å². The second kappa shape index (κ2) is 5.82. The van der Waals surface area contributed by atoms with Gasteiger partial charge in [0, 0.05) is 33.1 Å². The fourth-order valence-electron chi connectivity index (χ4n) is 1.23. The highest BCUT2D eigenvalue weighted by atomic mass is 35.5. The Morgan fingerprint density at radius 2 is 2.06 bits per heavy atom. The average molecular weight is 263 g/mol. The Morgan fingerprint density at radius 3 is 2.59 bits per heavy atom. The van der Waals surface area contributed by atoms with E-state index >= 15 is 0 Å². The Kier molecular flexibility index (Phi) is 4.69. The van der Waals surface area contributed by atoms with Crippen LogP contribution in [0.1, 0.15) is 6.42 Å². The summed E-state index contributed by atoms with van der Waals surface area (Å²) in [6, 6.07) is 1.75. The van der Waals surface area contributed by atoms with Crippen LogP contribution in [0.3, 0.4) is 0 Å². The summed E-state index contributed by atoms with van der Waals surface area (Å²) in [6.45, 7) is 0.235. The number of nitrogens with one attached hydrogen (secondary N) is 1. The van der Waals surface area contributed by atoms with Crippen molar-refractivity contribution in [1.82, 2.24) is 4.90 Å². The van der Waals surface area contributed by atoms with Crippen LogP contribution in [-0.2, 0) is 4.79 Å². The van der Waals surface area contributed by atoms with Crippen molar-refractivity contribution >= 4 is 23.2 Å². The Morgan fingerprint density at radius 1 is 1.41 bits per heavy atom. The molecule has 0 aliphatic rings. The quantitative estimate of drug-likeness (QED) is 0.904. The summed E-state index contributed by atoms with van der Waals surface area (Å²) in [5.74, 6) is -1.59. The molecule has 3 nitrogen and oxygen atoms in total. The molecule has 6 heteroatoms. The summed E-state index contributed by atoms with van der Waals surface area (Å²) in [5, 5.41) is 2.63. The number of carbonyl (C=O) groups excluding carboxylic acids is 1. The van der Waals surface area contributed by atoms with Crippen molar-refractivity contribution < 1.29 is 13.6 Å². The number of benzene rings is 1. The van der Waals surface area contributed by atoms with Gasteiger partial charge in [-0.25, -0.2) is 8.78 Å². The summed E-state index contributed by atoms with van der Waals surface area (Å²) >= 11 is 5.67. The number of hydrogen-bond acceptors (Lipinski definition) is 2. The third kappa shape index (κ3) is 3.85. The van der Waals surface area contributed by atoms with Crippen molar-refractivity contribution in [2.75, 3.05) is 26.0 Å². The number of halogens is 3. The zero-order valence-electron chi connectivity index (χ0n) is 9.56. The van der Waals surface area contributed by atoms with Gasteiger partial charge in [0.25, 0.3) is 0 Å². The number of anilines is 1. The van der Waals surface area contributed by atoms with Gasteiger partial charge in [0.2, 0.25) is 5.91 Å². The monoisotopic (exact) mass is 262 g/mol. The first-order valence-corrected chi connectivity index (χ1v) is 5.38. The van der Waals surface area contributed by atoms with Crippen LogP contribution in [0.2, 0.25) is 5.02 Å². The van der Waals surface area contributed by atoms with Gasteiger partial charge >= 0.3 is 0 Å². The van der Waals surface area contributed by atoms with Gasteiger partial charge in [0.05, 0.1) is 10.7 Å². The van der Waals surface area contributed by atoms with E-state index in [9.17, 15) is 13.6 Å². The largest absolute Gasteiger partial charge is 0.381 e. The third-order valence-corrected chi connectivity index (χ3v) is 2.44. The van der Waals surface area contributed by atoms with E-state index in [1.54, 1.807) is 14.1 Å². The fraction of sp³-hybridized carbons (Fsp3) is 0.364. The smallest absolute Gasteiger partial charge is 0.223 e. The predicted octanol–water partition coefficient (Wildman–Crippen LogP) is 2.51. The van der Waals surface area contributed by atoms with Crippen LogP contribution >= 0.6 is 11.6 Å². The lowest BCUT2D eigenvalue weighted by Crippen LogP contribution is -2.24. The molecule has 0 atom stereocenters. The predicted molar refractivity (Wildman–Crippen MR) is 63.2 cm³/mol. The van der Waals surface area contributed by atoms with E-state index in [0.29, 0.717) is 0 Å². The molecule has 0 saturated heterocycles. The number of rotatable bonds is 4. The van der Waals surface area contributed by atoms with Crippen molar-refractivity contribution in [3.63, 3.8) is 0 Å². The normalized spacial score (nSPS) is 10.2. The van der Waals surface area contributed by atoms with Crippen molar-refractivity contribution in [2.24, 2.45) is 0 Å². The Hall–Kier alpha value is -1.36. The Labute approximate surface area is 103 Å². The molecule has 0 radical (unpaired) electrons. The minimum absolute atomic E-state index is 0.0135. The standard InChI is InChI=1S/C11H13ClF2N2O/c1-16(2)10(17)3-4-15-11-8(12)5-7(13)6-9(11)14/h5-6,15H,3-4H2,1-2H3. The molecule has 1 aromatic carbocycles. The molecule has 0 spiro atoms. The molecule has 0 unspecified atom stereocenters. The molecule has 0 saturated carbocycles. The van der Waals surface area contributed by atoms with Gasteiger partial charge in [0.15, 0.2) is 5.82 Å². The summed E-state index contributed by atoms with van der Waals surface area (Å²) in [4.78, 5) is 12.7. The summed E-state index contributed by atoms with van der Waals surface area (Å²) in [6.07, 6.45) is 0.208. The first kappa shape index (κ1) is 13.7. The van der Waals surface area contributed by atoms with Crippen LogP contribution in [0.15, 0.2) is 12.1 Å². The molecule has 0 aliphatic heterocycles. The molecule has 1 rings (SSSR count). The van der Waals surface area contributed by atoms with E-state index in [1.807, 2.05) is 0 Å². The first-order chi connectivity index (χ1) is 7.91. The van der Waals surface area contributed by atoms with Gasteiger partial charge in [-0.1, -0.05) is 11.6 Å². The van der Waals surface area contributed by atoms with E-state index in [4.69, 9.17) is 11.6 Å². The van der Waals surface area contributed by atoms with Crippen molar-refractivity contribution in [2.45, 2.75) is 6.42 Å². The molecule has 1 amide bonds. The van der Waals surface area contributed by atoms with Crippen LogP contribution < -0.4 is 5.32 Å². The van der Waals surface area contributed by atoms with Crippen molar-refractivity contribution in [3.8, 4) is 0 Å². The highest BCUT2D eigenvalue weighted by Gasteiger charge is 2.10. The molecule has 1 aromatic rings. The number of amides is 1. The molecule has 94 valence electrons. The van der Waals surface area contributed by atoms with Crippen molar-refractivity contribution in [3.05, 3.63) is 28.8 Å². The molecular formula is C11H13ClF2N2O. The second-order valence-electron chi connectivity index (χ2n) is 3.71. The van der Waals surface area contributed by atoms with E-state index in [2.05, 4.69) is 5.32 Å². The number of carbonyl (C=O) groups is 1. The first-order valence-electron chi connectivity index (χ1n) is 5.00. The highest BCUT2D eigenvalue weighted by Crippen LogP contribution is 2.26. The molecule has 0 bridgehead atoms. The maximum atomic E-state index is 13.3. The lowest BCUT2D eigenvalue weighted by Gasteiger charge is -2.12. The van der Waals surface area contributed by atoms with Gasteiger partial charge in [-0.3, -0.25) is 4.79 Å². The zero-order chi connectivity index (χ0) is 13.0.